The fourth-order valence-electron chi connectivity index (χ4n) is 0.153. The van der Waals surface area contributed by atoms with E-state index >= 15 is 0 Å². The summed E-state index contributed by atoms with van der Waals surface area (Å²) < 4.78 is 0. The van der Waals surface area contributed by atoms with Gasteiger partial charge in [0.2, 0.25) is 0 Å². The first-order valence-corrected chi connectivity index (χ1v) is 2.51. The van der Waals surface area contributed by atoms with Gasteiger partial charge in [-0.15, -0.1) is 24.0 Å². The Balaban J connectivity index is 0. The summed E-state index contributed by atoms with van der Waals surface area (Å²) in [6.07, 6.45) is 0. The molecule has 1 atom stereocenters. The number of carbonyl (C=O) groups excluding carboxylic acids is 1. The average Bonchev–Trinajstić information content (AvgIpc) is 1.84. The Kier molecular flexibility index (Phi) is 7.94. The van der Waals surface area contributed by atoms with Crippen molar-refractivity contribution < 1.29 is 10.0 Å². The highest BCUT2D eigenvalue weighted by Crippen LogP contribution is 1.81. The molecule has 0 aromatic rings. The number of alkyl halides is 1. The first-order chi connectivity index (χ1) is 3.72. The predicted molar refractivity (Wildman–Crippen MR) is 35.9 cm³/mol. The van der Waals surface area contributed by atoms with Gasteiger partial charge in [0.05, 0.1) is 6.04 Å². The Morgan fingerprint density at radius 2 is 2.33 bits per heavy atom. The van der Waals surface area contributed by atoms with Gasteiger partial charge in [-0.05, 0) is 0 Å². The maximum Gasteiger partial charge on any atom is 0.261 e. The second-order valence-corrected chi connectivity index (χ2v) is 1.55. The van der Waals surface area contributed by atoms with Crippen molar-refractivity contribution in [2.45, 2.75) is 6.04 Å². The van der Waals surface area contributed by atoms with Crippen molar-refractivity contribution in [2.24, 2.45) is 5.73 Å². The Morgan fingerprint density at radius 1 is 1.89 bits per heavy atom. The third-order valence-corrected chi connectivity index (χ3v) is 0.946. The number of halogens is 2. The molecule has 0 saturated carbocycles. The normalized spacial score (nSPS) is 11.4. The van der Waals surface area contributed by atoms with E-state index in [1.807, 2.05) is 0 Å². The van der Waals surface area contributed by atoms with Crippen molar-refractivity contribution in [3.05, 3.63) is 0 Å². The molecule has 1 amide bonds. The second-order valence-electron chi connectivity index (χ2n) is 1.24. The number of amides is 1. The Bertz CT molecular complexity index is 89.9. The van der Waals surface area contributed by atoms with Crippen molar-refractivity contribution in [1.29, 1.82) is 0 Å². The van der Waals surface area contributed by atoms with E-state index in [0.29, 0.717) is 0 Å². The SMILES string of the molecule is Cl.N[C@H](CCl)C(=O)NO. The highest BCUT2D eigenvalue weighted by Gasteiger charge is 2.08. The molecule has 0 heterocycles. The van der Waals surface area contributed by atoms with Crippen molar-refractivity contribution in [1.82, 2.24) is 5.48 Å². The average molecular weight is 175 g/mol. The number of hydrogen-bond donors (Lipinski definition) is 3. The molecule has 0 rings (SSSR count). The molecule has 4 nitrogen and oxygen atoms in total. The van der Waals surface area contributed by atoms with Gasteiger partial charge in [0.15, 0.2) is 0 Å². The first kappa shape index (κ1) is 11.7. The second kappa shape index (κ2) is 6.10. The van der Waals surface area contributed by atoms with E-state index < -0.39 is 11.9 Å². The molecule has 56 valence electrons. The minimum Gasteiger partial charge on any atom is -0.319 e. The summed E-state index contributed by atoms with van der Waals surface area (Å²) in [7, 11) is 0. The van der Waals surface area contributed by atoms with Crippen molar-refractivity contribution in [3.63, 3.8) is 0 Å². The molecule has 0 fully saturated rings. The quantitative estimate of drug-likeness (QED) is 0.300. The molecule has 0 spiro atoms. The van der Waals surface area contributed by atoms with E-state index in [4.69, 9.17) is 22.5 Å². The van der Waals surface area contributed by atoms with Crippen LogP contribution < -0.4 is 11.2 Å². The molecular formula is C3H8Cl2N2O2. The molecule has 9 heavy (non-hydrogen) atoms. The van der Waals surface area contributed by atoms with Crippen LogP contribution in [0.5, 0.6) is 0 Å². The van der Waals surface area contributed by atoms with Gasteiger partial charge in [-0.25, -0.2) is 5.48 Å². The molecule has 0 aliphatic carbocycles. The van der Waals surface area contributed by atoms with E-state index in [-0.39, 0.29) is 18.3 Å². The van der Waals surface area contributed by atoms with Crippen LogP contribution in [0.15, 0.2) is 0 Å². The van der Waals surface area contributed by atoms with Gasteiger partial charge in [-0.3, -0.25) is 10.0 Å². The van der Waals surface area contributed by atoms with Crippen LogP contribution in [0.2, 0.25) is 0 Å². The summed E-state index contributed by atoms with van der Waals surface area (Å²) in [6.45, 7) is 0. The van der Waals surface area contributed by atoms with Gasteiger partial charge in [0.25, 0.3) is 5.91 Å². The molecule has 0 bridgehead atoms. The molecule has 0 radical (unpaired) electrons. The number of hydrogen-bond acceptors (Lipinski definition) is 3. The van der Waals surface area contributed by atoms with Gasteiger partial charge >= 0.3 is 0 Å². The fourth-order valence-corrected chi connectivity index (χ4v) is 0.293. The van der Waals surface area contributed by atoms with Crippen LogP contribution in [0.1, 0.15) is 0 Å². The number of nitrogens with one attached hydrogen (secondary N) is 1. The van der Waals surface area contributed by atoms with Gasteiger partial charge < -0.3 is 5.73 Å². The summed E-state index contributed by atoms with van der Waals surface area (Å²) in [5.74, 6) is -0.660. The number of hydroxylamine groups is 1. The van der Waals surface area contributed by atoms with Crippen molar-refractivity contribution in [3.8, 4) is 0 Å². The lowest BCUT2D eigenvalue weighted by molar-refractivity contribution is -0.130. The maximum absolute atomic E-state index is 10.2. The summed E-state index contributed by atoms with van der Waals surface area (Å²) >= 11 is 5.13. The number of carbonyl (C=O) groups is 1. The summed E-state index contributed by atoms with van der Waals surface area (Å²) in [5.41, 5.74) is 6.39. The smallest absolute Gasteiger partial charge is 0.261 e. The Hall–Kier alpha value is -0.0300. The Morgan fingerprint density at radius 3 is 2.44 bits per heavy atom. The highest BCUT2D eigenvalue weighted by molar-refractivity contribution is 6.19. The molecule has 0 aliphatic rings. The van der Waals surface area contributed by atoms with Crippen LogP contribution in [-0.2, 0) is 4.79 Å². The molecule has 0 aromatic heterocycles. The lowest BCUT2D eigenvalue weighted by Crippen LogP contribution is -2.40. The third kappa shape index (κ3) is 4.47. The fraction of sp³-hybridized carbons (Fsp3) is 0.667. The largest absolute Gasteiger partial charge is 0.319 e. The molecule has 0 saturated heterocycles. The molecule has 6 heteroatoms. The van der Waals surface area contributed by atoms with E-state index in [1.165, 1.54) is 5.48 Å². The molecule has 0 aromatic carbocycles. The zero-order chi connectivity index (χ0) is 6.57. The van der Waals surface area contributed by atoms with Crippen LogP contribution in [-0.4, -0.2) is 23.0 Å². The van der Waals surface area contributed by atoms with Crippen molar-refractivity contribution >= 4 is 29.9 Å². The van der Waals surface area contributed by atoms with E-state index in [1.54, 1.807) is 0 Å². The topological polar surface area (TPSA) is 75.4 Å². The van der Waals surface area contributed by atoms with E-state index in [2.05, 4.69) is 0 Å². The maximum atomic E-state index is 10.2. The summed E-state index contributed by atoms with van der Waals surface area (Å²) in [6, 6.07) is -0.818. The van der Waals surface area contributed by atoms with Crippen molar-refractivity contribution in [2.75, 3.05) is 5.88 Å². The molecular weight excluding hydrogens is 167 g/mol. The molecule has 0 aliphatic heterocycles. The lowest BCUT2D eigenvalue weighted by atomic mass is 10.3. The summed E-state index contributed by atoms with van der Waals surface area (Å²) in [5, 5.41) is 7.90. The minimum atomic E-state index is -0.818. The highest BCUT2D eigenvalue weighted by atomic mass is 35.5. The van der Waals surface area contributed by atoms with Gasteiger partial charge in [-0.1, -0.05) is 0 Å². The van der Waals surface area contributed by atoms with Gasteiger partial charge in [0, 0.05) is 5.88 Å². The van der Waals surface area contributed by atoms with Crippen LogP contribution in [0.25, 0.3) is 0 Å². The standard InChI is InChI=1S/C3H7ClN2O2.ClH/c4-1-2(5)3(7)6-8;/h2,8H,1,5H2,(H,6,7);1H/t2-;/m1./s1. The van der Waals surface area contributed by atoms with Gasteiger partial charge in [0.1, 0.15) is 0 Å². The molecule has 0 unspecified atom stereocenters. The zero-order valence-corrected chi connectivity index (χ0v) is 6.08. The van der Waals surface area contributed by atoms with E-state index in [0.717, 1.165) is 0 Å². The molecule has 4 N–H and O–H groups in total. The lowest BCUT2D eigenvalue weighted by Gasteiger charge is -2.01. The van der Waals surface area contributed by atoms with E-state index in [9.17, 15) is 4.79 Å². The summed E-state index contributed by atoms with van der Waals surface area (Å²) in [4.78, 5) is 10.2. The zero-order valence-electron chi connectivity index (χ0n) is 4.50. The van der Waals surface area contributed by atoms with Crippen LogP contribution in [0.3, 0.4) is 0 Å². The Labute approximate surface area is 63.7 Å². The van der Waals surface area contributed by atoms with Crippen LogP contribution in [0.4, 0.5) is 0 Å². The minimum absolute atomic E-state index is 0. The monoisotopic (exact) mass is 174 g/mol. The van der Waals surface area contributed by atoms with Crippen LogP contribution in [0, 0.1) is 0 Å². The van der Waals surface area contributed by atoms with Crippen LogP contribution >= 0.6 is 24.0 Å². The number of rotatable bonds is 2. The third-order valence-electron chi connectivity index (χ3n) is 0.613. The van der Waals surface area contributed by atoms with Gasteiger partial charge in [-0.2, -0.15) is 0 Å². The number of nitrogens with two attached hydrogens (primary N) is 1. The predicted octanol–water partition coefficient (Wildman–Crippen LogP) is -0.520. The first-order valence-electron chi connectivity index (χ1n) is 1.98.